The van der Waals surface area contributed by atoms with Crippen LogP contribution in [-0.2, 0) is 22.8 Å². The fraction of sp³-hybridized carbons (Fsp3) is 0.543. The van der Waals surface area contributed by atoms with Crippen molar-refractivity contribution in [3.8, 4) is 11.3 Å². The highest BCUT2D eigenvalue weighted by molar-refractivity contribution is 6.34. The summed E-state index contributed by atoms with van der Waals surface area (Å²) in [5.41, 5.74) is -2.30. The molecule has 4 fully saturated rings. The van der Waals surface area contributed by atoms with Gasteiger partial charge in [-0.1, -0.05) is 11.6 Å². The number of benzene rings is 1. The second kappa shape index (κ2) is 13.2. The van der Waals surface area contributed by atoms with Crippen molar-refractivity contribution in [1.29, 1.82) is 0 Å². The number of carbonyl (C=O) groups is 4. The number of halogens is 6. The molecular weight excluding hydrogens is 743 g/mol. The lowest BCUT2D eigenvalue weighted by Crippen LogP contribution is -2.46. The van der Waals surface area contributed by atoms with Gasteiger partial charge in [-0.25, -0.2) is 18.6 Å². The van der Waals surface area contributed by atoms with Crippen molar-refractivity contribution in [3.05, 3.63) is 52.7 Å². The molecule has 2 N–H and O–H groups in total. The molecule has 13 nitrogen and oxygen atoms in total. The number of fused-ring (bicyclic) bond motifs is 1. The molecule has 0 radical (unpaired) electrons. The molecule has 4 atom stereocenters. The Bertz CT molecular complexity index is 2010. The van der Waals surface area contributed by atoms with E-state index in [-0.39, 0.29) is 63.6 Å². The average molecular weight is 781 g/mol. The van der Waals surface area contributed by atoms with Crippen molar-refractivity contribution >= 4 is 41.1 Å². The van der Waals surface area contributed by atoms with E-state index < -0.39 is 53.2 Å². The van der Waals surface area contributed by atoms with E-state index in [2.05, 4.69) is 20.7 Å². The monoisotopic (exact) mass is 780 g/mol. The first-order valence-corrected chi connectivity index (χ1v) is 17.8. The zero-order chi connectivity index (χ0) is 39.1. The molecule has 2 aromatic heterocycles. The van der Waals surface area contributed by atoms with Crippen LogP contribution in [-0.4, -0.2) is 96.7 Å². The van der Waals surface area contributed by atoms with Gasteiger partial charge in [0, 0.05) is 75.3 Å². The van der Waals surface area contributed by atoms with E-state index in [1.165, 1.54) is 25.2 Å². The van der Waals surface area contributed by atoms with E-state index in [1.807, 2.05) is 25.7 Å². The third-order valence-electron chi connectivity index (χ3n) is 10.4. The van der Waals surface area contributed by atoms with Gasteiger partial charge in [0.1, 0.15) is 11.6 Å². The number of alkyl halides is 5. The Kier molecular flexibility index (Phi) is 9.21. The van der Waals surface area contributed by atoms with E-state index in [0.29, 0.717) is 43.7 Å². The third kappa shape index (κ3) is 7.36. The molecule has 0 bridgehead atoms. The summed E-state index contributed by atoms with van der Waals surface area (Å²) in [6.45, 7) is 7.36. The molecule has 1 aromatic carbocycles. The quantitative estimate of drug-likeness (QED) is 0.297. The Morgan fingerprint density at radius 1 is 1.00 bits per heavy atom. The van der Waals surface area contributed by atoms with Crippen LogP contribution in [0.1, 0.15) is 72.7 Å². The van der Waals surface area contributed by atoms with Gasteiger partial charge >= 0.3 is 12.3 Å². The minimum atomic E-state index is -4.95. The number of anilines is 1. The zero-order valence-corrected chi connectivity index (χ0v) is 30.5. The highest BCUT2D eigenvalue weighted by Gasteiger charge is 2.60. The number of nitrogens with one attached hydrogen (secondary N) is 2. The third-order valence-corrected chi connectivity index (χ3v) is 10.7. The Morgan fingerprint density at radius 3 is 2.22 bits per heavy atom. The van der Waals surface area contributed by atoms with Crippen molar-refractivity contribution in [2.24, 2.45) is 24.8 Å². The summed E-state index contributed by atoms with van der Waals surface area (Å²) < 4.78 is 75.7. The minimum Gasteiger partial charge on any atom is -0.444 e. The van der Waals surface area contributed by atoms with Crippen LogP contribution in [0.15, 0.2) is 30.6 Å². The summed E-state index contributed by atoms with van der Waals surface area (Å²) in [5.74, 6) is -4.57. The fourth-order valence-corrected chi connectivity index (χ4v) is 7.58. The van der Waals surface area contributed by atoms with Gasteiger partial charge in [-0.05, 0) is 51.8 Å². The average Bonchev–Trinajstić information content (AvgIpc) is 3.58. The zero-order valence-electron chi connectivity index (χ0n) is 29.7. The maximum Gasteiger partial charge on any atom is 0.435 e. The summed E-state index contributed by atoms with van der Waals surface area (Å²) in [6.07, 6.45) is -2.94. The maximum atomic E-state index is 13.8. The molecular formula is C35H38ClF5N8O5. The molecule has 4 heterocycles. The van der Waals surface area contributed by atoms with Crippen molar-refractivity contribution in [1.82, 2.24) is 34.4 Å². The van der Waals surface area contributed by atoms with E-state index >= 15 is 0 Å². The number of likely N-dealkylation sites (tertiary alicyclic amines) is 2. The fourth-order valence-electron chi connectivity index (χ4n) is 7.31. The smallest absolute Gasteiger partial charge is 0.435 e. The number of ether oxygens (including phenoxy) is 1. The van der Waals surface area contributed by atoms with Gasteiger partial charge in [0.15, 0.2) is 11.5 Å². The lowest BCUT2D eigenvalue weighted by atomic mass is 9.95. The number of hydrogen-bond acceptors (Lipinski definition) is 7. The summed E-state index contributed by atoms with van der Waals surface area (Å²) in [7, 11) is 1.31. The maximum absolute atomic E-state index is 13.8. The normalized spacial score (nSPS) is 23.5. The molecule has 0 spiro atoms. The Labute approximate surface area is 311 Å². The highest BCUT2D eigenvalue weighted by atomic mass is 35.5. The van der Waals surface area contributed by atoms with Crippen LogP contribution in [0.25, 0.3) is 11.3 Å². The predicted octanol–water partition coefficient (Wildman–Crippen LogP) is 5.62. The lowest BCUT2D eigenvalue weighted by Gasteiger charge is -2.34. The first-order chi connectivity index (χ1) is 25.2. The Balaban J connectivity index is 0.917. The summed E-state index contributed by atoms with van der Waals surface area (Å²) >= 11 is 6.43. The van der Waals surface area contributed by atoms with Crippen molar-refractivity contribution in [2.45, 2.75) is 69.8 Å². The first kappa shape index (κ1) is 37.6. The molecule has 2 saturated heterocycles. The van der Waals surface area contributed by atoms with E-state index in [0.717, 1.165) is 17.0 Å². The second-order valence-corrected chi connectivity index (χ2v) is 15.7. The summed E-state index contributed by atoms with van der Waals surface area (Å²) in [5, 5.41) is 8.96. The lowest BCUT2D eigenvalue weighted by molar-refractivity contribution is -0.141. The van der Waals surface area contributed by atoms with Gasteiger partial charge in [-0.15, -0.1) is 0 Å². The van der Waals surface area contributed by atoms with Crippen molar-refractivity contribution < 1.29 is 45.9 Å². The molecule has 2 saturated carbocycles. The molecule has 7 rings (SSSR count). The largest absolute Gasteiger partial charge is 0.444 e. The minimum absolute atomic E-state index is 0.0327. The van der Waals surface area contributed by atoms with Gasteiger partial charge in [-0.2, -0.15) is 18.3 Å². The van der Waals surface area contributed by atoms with Crippen LogP contribution in [0.2, 0.25) is 5.02 Å². The SMILES string of the molecule is Cn1c(-c2cn(C3CC3(F)F)nc2C(F)(F)F)cnc1C(=O)Nc1ccc(C(=O)NC2[C@H]3CN(C(=O)C4CCN(C(=O)OC(C)(C)C)CC4)C[C@@H]23)c(Cl)c1. The van der Waals surface area contributed by atoms with E-state index in [1.54, 1.807) is 4.90 Å². The molecule has 2 aliphatic heterocycles. The highest BCUT2D eigenvalue weighted by Crippen LogP contribution is 2.53. The van der Waals surface area contributed by atoms with Crippen LogP contribution >= 0.6 is 11.6 Å². The molecule has 2 aliphatic carbocycles. The molecule has 290 valence electrons. The molecule has 19 heteroatoms. The van der Waals surface area contributed by atoms with Gasteiger partial charge in [0.2, 0.25) is 5.91 Å². The van der Waals surface area contributed by atoms with Crippen LogP contribution < -0.4 is 10.6 Å². The van der Waals surface area contributed by atoms with Crippen LogP contribution in [0, 0.1) is 17.8 Å². The number of amides is 4. The summed E-state index contributed by atoms with van der Waals surface area (Å²) in [6, 6.07) is 2.59. The van der Waals surface area contributed by atoms with Crippen LogP contribution in [0.4, 0.5) is 32.4 Å². The van der Waals surface area contributed by atoms with Gasteiger partial charge < -0.3 is 29.7 Å². The molecule has 3 aromatic rings. The molecule has 4 amide bonds. The Morgan fingerprint density at radius 2 is 1.65 bits per heavy atom. The number of piperidine rings is 2. The number of aromatic nitrogens is 4. The first-order valence-electron chi connectivity index (χ1n) is 17.5. The van der Waals surface area contributed by atoms with E-state index in [4.69, 9.17) is 16.3 Å². The van der Waals surface area contributed by atoms with Crippen LogP contribution in [0.5, 0.6) is 0 Å². The number of carbonyl (C=O) groups excluding carboxylic acids is 4. The molecule has 2 unspecified atom stereocenters. The van der Waals surface area contributed by atoms with Crippen molar-refractivity contribution in [2.75, 3.05) is 31.5 Å². The topological polar surface area (TPSA) is 144 Å². The number of rotatable bonds is 7. The standard InChI is InChI=1S/C35H38ClF5N8O5/c1-33(2,3)54-32(53)47-9-7-17(8-10-47)31(52)48-14-20-21(15-48)26(20)44-29(50)19-6-5-18(11-23(19)36)43-30(51)28-42-13-24(46(28)4)22-16-49(25-12-34(25,37)38)45-27(22)35(39,40)41/h5-6,11,13,16-17,20-21,25-26H,7-10,12,14-15H2,1-4H3,(H,43,51)(H,44,50)/t20-,21+,25?,26?. The van der Waals surface area contributed by atoms with Crippen LogP contribution in [0.3, 0.4) is 0 Å². The number of imidazole rings is 1. The molecule has 4 aliphatic rings. The predicted molar refractivity (Wildman–Crippen MR) is 183 cm³/mol. The second-order valence-electron chi connectivity index (χ2n) is 15.3. The summed E-state index contributed by atoms with van der Waals surface area (Å²) in [4.78, 5) is 59.3. The number of hydrogen-bond donors (Lipinski definition) is 2. The Hall–Kier alpha value is -4.74. The molecule has 54 heavy (non-hydrogen) atoms. The van der Waals surface area contributed by atoms with Gasteiger partial charge in [0.05, 0.1) is 28.0 Å². The van der Waals surface area contributed by atoms with E-state index in [9.17, 15) is 41.1 Å². The van der Waals surface area contributed by atoms with Crippen molar-refractivity contribution in [3.63, 3.8) is 0 Å². The van der Waals surface area contributed by atoms with Gasteiger partial charge in [0.25, 0.3) is 17.7 Å². The number of nitrogens with zero attached hydrogens (tertiary/aromatic N) is 6. The van der Waals surface area contributed by atoms with Gasteiger partial charge in [-0.3, -0.25) is 19.1 Å².